The van der Waals surface area contributed by atoms with Crippen LogP contribution in [0, 0.1) is 0 Å². The number of fused-ring (bicyclic) bond motifs is 1. The van der Waals surface area contributed by atoms with E-state index in [0.717, 1.165) is 0 Å². The predicted molar refractivity (Wildman–Crippen MR) is 60.6 cm³/mol. The van der Waals surface area contributed by atoms with Gasteiger partial charge in [-0.3, -0.25) is 9.78 Å². The summed E-state index contributed by atoms with van der Waals surface area (Å²) in [5, 5.41) is 9.79. The molecule has 0 atom stereocenters. The number of aromatic nitrogens is 2. The molecule has 2 heterocycles. The highest BCUT2D eigenvalue weighted by molar-refractivity contribution is 5.78. The van der Waals surface area contributed by atoms with Gasteiger partial charge in [0.25, 0.3) is 5.56 Å². The van der Waals surface area contributed by atoms with Gasteiger partial charge in [0.15, 0.2) is 0 Å². The van der Waals surface area contributed by atoms with Gasteiger partial charge in [-0.25, -0.2) is 4.98 Å². The minimum atomic E-state index is -0.309. The van der Waals surface area contributed by atoms with E-state index in [1.165, 1.54) is 0 Å². The first-order valence-corrected chi connectivity index (χ1v) is 5.16. The Morgan fingerprint density at radius 2 is 2.12 bits per heavy atom. The molecule has 82 valence electrons. The lowest BCUT2D eigenvalue weighted by atomic mass is 10.2. The normalized spacial score (nSPS) is 16.4. The molecular formula is C11H11N3O2. The number of aliphatic hydroxyl groups excluding tert-OH is 1. The number of hydrogen-bond acceptors (Lipinski definition) is 4. The second-order valence-electron chi connectivity index (χ2n) is 3.97. The lowest BCUT2D eigenvalue weighted by molar-refractivity contribution is 0.140. The molecule has 0 unspecified atom stereocenters. The number of rotatable bonds is 1. The molecule has 16 heavy (non-hydrogen) atoms. The molecule has 1 saturated heterocycles. The van der Waals surface area contributed by atoms with Gasteiger partial charge in [-0.1, -0.05) is 12.1 Å². The molecule has 0 bridgehead atoms. The second kappa shape index (κ2) is 3.31. The molecule has 0 saturated carbocycles. The van der Waals surface area contributed by atoms with Crippen molar-refractivity contribution in [2.45, 2.75) is 6.10 Å². The van der Waals surface area contributed by atoms with Crippen LogP contribution in [0.4, 0.5) is 5.95 Å². The van der Waals surface area contributed by atoms with Crippen LogP contribution in [0.25, 0.3) is 10.9 Å². The van der Waals surface area contributed by atoms with Crippen molar-refractivity contribution in [3.8, 4) is 0 Å². The maximum Gasteiger partial charge on any atom is 0.260 e. The third-order valence-corrected chi connectivity index (χ3v) is 2.76. The van der Waals surface area contributed by atoms with E-state index in [1.807, 2.05) is 23.1 Å². The number of hydrogen-bond donors (Lipinski definition) is 2. The number of nitrogens with one attached hydrogen (secondary N) is 1. The van der Waals surface area contributed by atoms with E-state index in [0.29, 0.717) is 29.9 Å². The van der Waals surface area contributed by atoms with Crippen LogP contribution >= 0.6 is 0 Å². The summed E-state index contributed by atoms with van der Waals surface area (Å²) in [6.45, 7) is 1.06. The third kappa shape index (κ3) is 1.37. The lowest BCUT2D eigenvalue weighted by Crippen LogP contribution is -2.52. The fourth-order valence-corrected chi connectivity index (χ4v) is 1.85. The van der Waals surface area contributed by atoms with Crippen molar-refractivity contribution >= 4 is 16.9 Å². The number of H-pyrrole nitrogens is 1. The Balaban J connectivity index is 2.11. The van der Waals surface area contributed by atoms with Gasteiger partial charge in [0.05, 0.1) is 17.0 Å². The van der Waals surface area contributed by atoms with Crippen molar-refractivity contribution in [2.24, 2.45) is 0 Å². The summed E-state index contributed by atoms with van der Waals surface area (Å²) in [5.74, 6) is 0.536. The maximum absolute atomic E-state index is 11.7. The minimum Gasteiger partial charge on any atom is -0.389 e. The molecule has 5 heteroatoms. The van der Waals surface area contributed by atoms with Gasteiger partial charge in [0.2, 0.25) is 5.95 Å². The Hall–Kier alpha value is -1.88. The molecule has 2 aromatic rings. The molecule has 3 rings (SSSR count). The summed E-state index contributed by atoms with van der Waals surface area (Å²) in [5.41, 5.74) is 0.546. The largest absolute Gasteiger partial charge is 0.389 e. The van der Waals surface area contributed by atoms with Crippen molar-refractivity contribution in [1.29, 1.82) is 0 Å². The number of β-amino-alcohol motifs (C(OH)–C–C–N with tert-alkyl or cyclic N) is 1. The molecule has 1 aromatic carbocycles. The molecular weight excluding hydrogens is 206 g/mol. The highest BCUT2D eigenvalue weighted by atomic mass is 16.3. The summed E-state index contributed by atoms with van der Waals surface area (Å²) in [6.07, 6.45) is -0.309. The number of anilines is 1. The van der Waals surface area contributed by atoms with Crippen molar-refractivity contribution in [1.82, 2.24) is 9.97 Å². The van der Waals surface area contributed by atoms with Crippen LogP contribution in [0.1, 0.15) is 0 Å². The van der Waals surface area contributed by atoms with Crippen molar-refractivity contribution in [2.75, 3.05) is 18.0 Å². The van der Waals surface area contributed by atoms with E-state index in [-0.39, 0.29) is 11.7 Å². The Labute approximate surface area is 91.4 Å². The fourth-order valence-electron chi connectivity index (χ4n) is 1.85. The van der Waals surface area contributed by atoms with E-state index in [2.05, 4.69) is 9.97 Å². The first-order chi connectivity index (χ1) is 7.74. The van der Waals surface area contributed by atoms with E-state index in [1.54, 1.807) is 6.07 Å². The molecule has 0 amide bonds. The minimum absolute atomic E-state index is 0.137. The quantitative estimate of drug-likeness (QED) is 0.711. The molecule has 5 nitrogen and oxygen atoms in total. The molecule has 0 radical (unpaired) electrons. The SMILES string of the molecule is O=c1[nH]c(N2CC(O)C2)nc2ccccc12. The molecule has 1 aliphatic rings. The zero-order chi connectivity index (χ0) is 11.1. The number of nitrogens with zero attached hydrogens (tertiary/aromatic N) is 2. The molecule has 1 aliphatic heterocycles. The van der Waals surface area contributed by atoms with Crippen molar-refractivity contribution in [3.63, 3.8) is 0 Å². The Bertz CT molecular complexity index is 587. The summed E-state index contributed by atoms with van der Waals surface area (Å²) < 4.78 is 0. The first-order valence-electron chi connectivity index (χ1n) is 5.16. The van der Waals surface area contributed by atoms with Crippen molar-refractivity contribution in [3.05, 3.63) is 34.6 Å². The van der Waals surface area contributed by atoms with Crippen LogP contribution in [-0.4, -0.2) is 34.3 Å². The van der Waals surface area contributed by atoms with E-state index < -0.39 is 0 Å². The average Bonchev–Trinajstić information content (AvgIpc) is 2.25. The smallest absolute Gasteiger partial charge is 0.260 e. The average molecular weight is 217 g/mol. The van der Waals surface area contributed by atoms with Crippen molar-refractivity contribution < 1.29 is 5.11 Å². The van der Waals surface area contributed by atoms with Gasteiger partial charge in [0, 0.05) is 13.1 Å². The summed E-state index contributed by atoms with van der Waals surface area (Å²) in [7, 11) is 0. The Kier molecular flexibility index (Phi) is 1.94. The van der Waals surface area contributed by atoms with Gasteiger partial charge < -0.3 is 10.0 Å². The van der Waals surface area contributed by atoms with Crippen LogP contribution < -0.4 is 10.5 Å². The predicted octanol–water partition coefficient (Wildman–Crippen LogP) is 0.104. The highest BCUT2D eigenvalue weighted by Gasteiger charge is 2.26. The number of benzene rings is 1. The number of aromatic amines is 1. The van der Waals surface area contributed by atoms with Gasteiger partial charge in [-0.15, -0.1) is 0 Å². The van der Waals surface area contributed by atoms with E-state index in [9.17, 15) is 9.90 Å². The molecule has 2 N–H and O–H groups in total. The second-order valence-corrected chi connectivity index (χ2v) is 3.97. The van der Waals surface area contributed by atoms with Gasteiger partial charge in [0.1, 0.15) is 0 Å². The lowest BCUT2D eigenvalue weighted by Gasteiger charge is -2.36. The Morgan fingerprint density at radius 1 is 1.38 bits per heavy atom. The van der Waals surface area contributed by atoms with E-state index in [4.69, 9.17) is 0 Å². The van der Waals surface area contributed by atoms with Gasteiger partial charge in [-0.05, 0) is 12.1 Å². The fraction of sp³-hybridized carbons (Fsp3) is 0.273. The third-order valence-electron chi connectivity index (χ3n) is 2.76. The van der Waals surface area contributed by atoms with Crippen LogP contribution in [0.5, 0.6) is 0 Å². The first kappa shape index (κ1) is 9.35. The maximum atomic E-state index is 11.7. The number of aliphatic hydroxyl groups is 1. The molecule has 1 fully saturated rings. The number of para-hydroxylation sites is 1. The van der Waals surface area contributed by atoms with Crippen LogP contribution in [0.15, 0.2) is 29.1 Å². The standard InChI is InChI=1S/C11H11N3O2/c15-7-5-14(6-7)11-12-9-4-2-1-3-8(9)10(16)13-11/h1-4,7,15H,5-6H2,(H,12,13,16). The molecule has 0 spiro atoms. The van der Waals surface area contributed by atoms with Gasteiger partial charge >= 0.3 is 0 Å². The zero-order valence-corrected chi connectivity index (χ0v) is 8.55. The van der Waals surface area contributed by atoms with Crippen LogP contribution in [-0.2, 0) is 0 Å². The molecule has 1 aromatic heterocycles. The topological polar surface area (TPSA) is 69.2 Å². The highest BCUT2D eigenvalue weighted by Crippen LogP contribution is 2.16. The monoisotopic (exact) mass is 217 g/mol. The Morgan fingerprint density at radius 3 is 2.88 bits per heavy atom. The summed E-state index contributed by atoms with van der Waals surface area (Å²) in [4.78, 5) is 20.7. The van der Waals surface area contributed by atoms with Crippen LogP contribution in [0.2, 0.25) is 0 Å². The zero-order valence-electron chi connectivity index (χ0n) is 8.55. The van der Waals surface area contributed by atoms with Gasteiger partial charge in [-0.2, -0.15) is 0 Å². The van der Waals surface area contributed by atoms with E-state index >= 15 is 0 Å². The van der Waals surface area contributed by atoms with Crippen LogP contribution in [0.3, 0.4) is 0 Å². The molecule has 0 aliphatic carbocycles. The summed E-state index contributed by atoms with van der Waals surface area (Å²) >= 11 is 0. The summed E-state index contributed by atoms with van der Waals surface area (Å²) in [6, 6.07) is 7.22.